The Morgan fingerprint density at radius 1 is 1.33 bits per heavy atom. The van der Waals surface area contributed by atoms with E-state index >= 15 is 0 Å². The van der Waals surface area contributed by atoms with E-state index in [-0.39, 0.29) is 5.82 Å². The molecule has 0 aliphatic heterocycles. The molecule has 0 amide bonds. The molecule has 1 aromatic rings. The molecule has 4 heteroatoms. The van der Waals surface area contributed by atoms with Crippen LogP contribution in [0.5, 0.6) is 0 Å². The smallest absolute Gasteiger partial charge is 0.123 e. The van der Waals surface area contributed by atoms with Crippen molar-refractivity contribution >= 4 is 26.7 Å². The lowest BCUT2D eigenvalue weighted by molar-refractivity contribution is 0.626. The van der Waals surface area contributed by atoms with E-state index in [1.807, 2.05) is 0 Å². The fraction of sp³-hybridized carbons (Fsp3) is 0.250. The van der Waals surface area contributed by atoms with Crippen molar-refractivity contribution in [3.63, 3.8) is 0 Å². The SMILES string of the molecule is O=S(CCBr)c1ccc(F)cc1. The first kappa shape index (κ1) is 9.86. The Labute approximate surface area is 81.6 Å². The number of halogens is 2. The van der Waals surface area contributed by atoms with Crippen molar-refractivity contribution in [2.75, 3.05) is 11.1 Å². The summed E-state index contributed by atoms with van der Waals surface area (Å²) in [7, 11) is -1.01. The van der Waals surface area contributed by atoms with E-state index in [0.717, 1.165) is 0 Å². The third kappa shape index (κ3) is 2.68. The predicted molar refractivity (Wildman–Crippen MR) is 51.5 cm³/mol. The summed E-state index contributed by atoms with van der Waals surface area (Å²) in [6.45, 7) is 0. The van der Waals surface area contributed by atoms with Gasteiger partial charge >= 0.3 is 0 Å². The Hall–Kier alpha value is -0.220. The number of hydrogen-bond donors (Lipinski definition) is 0. The van der Waals surface area contributed by atoms with Gasteiger partial charge in [-0.25, -0.2) is 4.39 Å². The number of rotatable bonds is 3. The van der Waals surface area contributed by atoms with E-state index in [1.165, 1.54) is 12.1 Å². The molecule has 1 aromatic carbocycles. The van der Waals surface area contributed by atoms with E-state index in [2.05, 4.69) is 15.9 Å². The summed E-state index contributed by atoms with van der Waals surface area (Å²) in [6.07, 6.45) is 0. The summed E-state index contributed by atoms with van der Waals surface area (Å²) in [6, 6.07) is 5.74. The molecule has 0 fully saturated rings. The lowest BCUT2D eigenvalue weighted by Crippen LogP contribution is -1.98. The second-order valence-corrected chi connectivity index (χ2v) is 4.56. The van der Waals surface area contributed by atoms with E-state index in [0.29, 0.717) is 16.0 Å². The van der Waals surface area contributed by atoms with Crippen LogP contribution in [0, 0.1) is 5.82 Å². The number of alkyl halides is 1. The summed E-state index contributed by atoms with van der Waals surface area (Å²) in [4.78, 5) is 0.677. The van der Waals surface area contributed by atoms with Gasteiger partial charge in [-0.1, -0.05) is 15.9 Å². The lowest BCUT2D eigenvalue weighted by Gasteiger charge is -1.98. The molecule has 0 aliphatic rings. The van der Waals surface area contributed by atoms with Crippen molar-refractivity contribution in [1.29, 1.82) is 0 Å². The molecule has 1 unspecified atom stereocenters. The molecule has 0 radical (unpaired) electrons. The molecular formula is C8H8BrFOS. The van der Waals surface area contributed by atoms with E-state index < -0.39 is 10.8 Å². The van der Waals surface area contributed by atoms with Gasteiger partial charge < -0.3 is 0 Å². The Balaban J connectivity index is 2.75. The fourth-order valence-corrected chi connectivity index (χ4v) is 2.47. The molecule has 0 aliphatic carbocycles. The standard InChI is InChI=1S/C8H8BrFOS/c9-5-6-12(11)8-3-1-7(10)2-4-8/h1-4H,5-6H2. The molecule has 0 saturated carbocycles. The zero-order valence-electron chi connectivity index (χ0n) is 6.30. The van der Waals surface area contributed by atoms with Gasteiger partial charge in [-0.15, -0.1) is 0 Å². The van der Waals surface area contributed by atoms with Crippen LogP contribution in [0.25, 0.3) is 0 Å². The van der Waals surface area contributed by atoms with Crippen LogP contribution in [0.4, 0.5) is 4.39 Å². The normalized spacial score (nSPS) is 12.8. The maximum atomic E-state index is 12.4. The maximum absolute atomic E-state index is 12.4. The third-order valence-corrected chi connectivity index (χ3v) is 3.63. The summed E-state index contributed by atoms with van der Waals surface area (Å²) in [5, 5.41) is 0.691. The molecule has 12 heavy (non-hydrogen) atoms. The minimum absolute atomic E-state index is 0.297. The molecule has 0 aromatic heterocycles. The lowest BCUT2D eigenvalue weighted by atomic mass is 10.4. The summed E-state index contributed by atoms with van der Waals surface area (Å²) in [5.41, 5.74) is 0. The first-order chi connectivity index (χ1) is 5.74. The Morgan fingerprint density at radius 2 is 1.92 bits per heavy atom. The van der Waals surface area contributed by atoms with Gasteiger partial charge in [-0.05, 0) is 24.3 Å². The van der Waals surface area contributed by atoms with Crippen molar-refractivity contribution in [2.24, 2.45) is 0 Å². The Morgan fingerprint density at radius 3 is 2.42 bits per heavy atom. The van der Waals surface area contributed by atoms with Crippen molar-refractivity contribution in [1.82, 2.24) is 0 Å². The third-order valence-electron chi connectivity index (χ3n) is 1.34. The average molecular weight is 251 g/mol. The summed E-state index contributed by atoms with van der Waals surface area (Å²) >= 11 is 3.19. The number of benzene rings is 1. The van der Waals surface area contributed by atoms with Gasteiger partial charge in [0.2, 0.25) is 0 Å². The van der Waals surface area contributed by atoms with Crippen molar-refractivity contribution in [2.45, 2.75) is 4.90 Å². The van der Waals surface area contributed by atoms with Gasteiger partial charge in [0.15, 0.2) is 0 Å². The molecule has 0 bridgehead atoms. The highest BCUT2D eigenvalue weighted by molar-refractivity contribution is 9.09. The van der Waals surface area contributed by atoms with Gasteiger partial charge in [0, 0.05) is 16.0 Å². The van der Waals surface area contributed by atoms with Crippen LogP contribution < -0.4 is 0 Å². The molecule has 66 valence electrons. The number of hydrogen-bond acceptors (Lipinski definition) is 1. The van der Waals surface area contributed by atoms with Crippen LogP contribution in [-0.4, -0.2) is 15.3 Å². The first-order valence-electron chi connectivity index (χ1n) is 3.44. The highest BCUT2D eigenvalue weighted by atomic mass is 79.9. The van der Waals surface area contributed by atoms with Crippen LogP contribution >= 0.6 is 15.9 Å². The van der Waals surface area contributed by atoms with E-state index in [9.17, 15) is 8.60 Å². The van der Waals surface area contributed by atoms with Crippen molar-refractivity contribution in [3.8, 4) is 0 Å². The molecular weight excluding hydrogens is 243 g/mol. The van der Waals surface area contributed by atoms with Gasteiger partial charge in [0.1, 0.15) is 5.82 Å². The molecule has 1 rings (SSSR count). The zero-order chi connectivity index (χ0) is 8.97. The largest absolute Gasteiger partial charge is 0.254 e. The highest BCUT2D eigenvalue weighted by Gasteiger charge is 2.01. The van der Waals surface area contributed by atoms with Crippen LogP contribution in [0.15, 0.2) is 29.2 Å². The van der Waals surface area contributed by atoms with Crippen LogP contribution in [0.2, 0.25) is 0 Å². The molecule has 0 spiro atoms. The minimum atomic E-state index is -1.01. The van der Waals surface area contributed by atoms with Gasteiger partial charge in [-0.3, -0.25) is 4.21 Å². The van der Waals surface area contributed by atoms with E-state index in [4.69, 9.17) is 0 Å². The van der Waals surface area contributed by atoms with Crippen LogP contribution in [0.3, 0.4) is 0 Å². The monoisotopic (exact) mass is 250 g/mol. The fourth-order valence-electron chi connectivity index (χ4n) is 0.774. The quantitative estimate of drug-likeness (QED) is 0.753. The molecule has 1 atom stereocenters. The summed E-state index contributed by atoms with van der Waals surface area (Å²) in [5.74, 6) is 0.264. The Bertz CT molecular complexity index is 273. The van der Waals surface area contributed by atoms with Gasteiger partial charge in [0.05, 0.1) is 10.8 Å². The first-order valence-corrected chi connectivity index (χ1v) is 5.88. The maximum Gasteiger partial charge on any atom is 0.123 e. The Kier molecular flexibility index (Phi) is 3.88. The predicted octanol–water partition coefficient (Wildman–Crippen LogP) is 2.33. The van der Waals surface area contributed by atoms with Crippen LogP contribution in [0.1, 0.15) is 0 Å². The van der Waals surface area contributed by atoms with Crippen molar-refractivity contribution < 1.29 is 8.60 Å². The summed E-state index contributed by atoms with van der Waals surface area (Å²) < 4.78 is 23.7. The average Bonchev–Trinajstić information content (AvgIpc) is 2.06. The van der Waals surface area contributed by atoms with Gasteiger partial charge in [0.25, 0.3) is 0 Å². The molecule has 0 saturated heterocycles. The molecule has 1 nitrogen and oxygen atoms in total. The topological polar surface area (TPSA) is 17.1 Å². The molecule has 0 heterocycles. The van der Waals surface area contributed by atoms with E-state index in [1.54, 1.807) is 12.1 Å². The van der Waals surface area contributed by atoms with Crippen molar-refractivity contribution in [3.05, 3.63) is 30.1 Å². The second-order valence-electron chi connectivity index (χ2n) is 2.19. The van der Waals surface area contributed by atoms with Crippen LogP contribution in [-0.2, 0) is 10.8 Å². The van der Waals surface area contributed by atoms with Gasteiger partial charge in [-0.2, -0.15) is 0 Å². The highest BCUT2D eigenvalue weighted by Crippen LogP contribution is 2.08. The minimum Gasteiger partial charge on any atom is -0.254 e. The molecule has 0 N–H and O–H groups in total. The zero-order valence-corrected chi connectivity index (χ0v) is 8.70. The second kappa shape index (κ2) is 4.72.